The van der Waals surface area contributed by atoms with Gasteiger partial charge in [0.15, 0.2) is 0 Å². The predicted molar refractivity (Wildman–Crippen MR) is 285 cm³/mol. The van der Waals surface area contributed by atoms with Gasteiger partial charge in [-0.1, -0.05) is 98.5 Å². The van der Waals surface area contributed by atoms with Gasteiger partial charge in [0.05, 0.1) is 5.69 Å². The van der Waals surface area contributed by atoms with Gasteiger partial charge >= 0.3 is 0 Å². The molecule has 4 aliphatic rings. The molecule has 2 aromatic heterocycles. The van der Waals surface area contributed by atoms with E-state index < -0.39 is 0 Å². The highest BCUT2D eigenvalue weighted by Gasteiger charge is 2.32. The first-order chi connectivity index (χ1) is 32.2. The van der Waals surface area contributed by atoms with Crippen molar-refractivity contribution in [2.45, 2.75) is 131 Å². The molecule has 2 aliphatic carbocycles. The van der Waals surface area contributed by atoms with Crippen molar-refractivity contribution in [2.75, 3.05) is 26.2 Å². The third-order valence-corrected chi connectivity index (χ3v) is 13.6. The van der Waals surface area contributed by atoms with Gasteiger partial charge in [-0.2, -0.15) is 0 Å². The van der Waals surface area contributed by atoms with Gasteiger partial charge in [0.1, 0.15) is 5.82 Å². The van der Waals surface area contributed by atoms with Crippen molar-refractivity contribution in [3.8, 4) is 0 Å². The van der Waals surface area contributed by atoms with E-state index in [1.54, 1.807) is 12.4 Å². The summed E-state index contributed by atoms with van der Waals surface area (Å²) in [7, 11) is 0. The van der Waals surface area contributed by atoms with E-state index in [2.05, 4.69) is 106 Å². The van der Waals surface area contributed by atoms with Crippen LogP contribution >= 0.6 is 23.2 Å². The molecule has 0 bridgehead atoms. The average Bonchev–Trinajstić information content (AvgIpc) is 3.71. The third-order valence-electron chi connectivity index (χ3n) is 13.1. The van der Waals surface area contributed by atoms with E-state index in [1.807, 2.05) is 65.2 Å². The number of benzene rings is 2. The number of rotatable bonds is 9. The molecule has 2 aromatic carbocycles. The molecule has 2 saturated heterocycles. The Labute approximate surface area is 407 Å². The summed E-state index contributed by atoms with van der Waals surface area (Å²) in [6, 6.07) is 17.3. The van der Waals surface area contributed by atoms with E-state index in [0.29, 0.717) is 23.7 Å². The molecule has 2 aliphatic heterocycles. The molecule has 4 N–H and O–H groups in total. The maximum absolute atomic E-state index is 6.42. The van der Waals surface area contributed by atoms with Crippen molar-refractivity contribution >= 4 is 41.1 Å². The van der Waals surface area contributed by atoms with E-state index in [9.17, 15) is 0 Å². The number of hydrogen-bond acceptors (Lipinski definition) is 6. The van der Waals surface area contributed by atoms with Crippen molar-refractivity contribution in [3.05, 3.63) is 164 Å². The van der Waals surface area contributed by atoms with Gasteiger partial charge in [-0.05, 0) is 211 Å². The number of fused-ring (bicyclic) bond motifs is 3. The van der Waals surface area contributed by atoms with Crippen LogP contribution in [0.1, 0.15) is 151 Å². The smallest absolute Gasteiger partial charge is 0.105 e. The predicted octanol–water partition coefficient (Wildman–Crippen LogP) is 14.2. The summed E-state index contributed by atoms with van der Waals surface area (Å²) in [5, 5.41) is 8.66. The number of halogens is 2. The fourth-order valence-corrected chi connectivity index (χ4v) is 10.3. The standard InChI is InChI=1S/C25H31ClN4.C24H29ClN2.C6H11N.C2H6/c1-18-29-12-14-30(18)13-8-21-15-22-16-23(26)4-5-24(22)25(17-20(21)3-2-9-27)19-6-10-28-11-7-19;1-2-4-17-6-7-19-5-3-12-27-24(19)23(18-10-13-26-14-11-18)22-9-8-21(25)16-20(22)15-17;1-4-5-7-6(2)3;1-2/h2-5,9,12,14-16,19,25,28H,6-8,10-11,13,17,27H2,1H3;3,5,8-9,12,15-16,18,23,26H,2,4,6-7,10-11,13-14H2,1H3;4-5H,1-3H3;1-2H3/b9-2-,20-3+;17-15-;5-4-;. The molecule has 0 saturated carbocycles. The average molecular weight is 931 g/mol. The summed E-state index contributed by atoms with van der Waals surface area (Å²) in [5.41, 5.74) is 19.2. The zero-order chi connectivity index (χ0) is 47.3. The van der Waals surface area contributed by atoms with Crippen LogP contribution in [-0.2, 0) is 13.0 Å². The normalized spacial score (nSPS) is 20.2. The van der Waals surface area contributed by atoms with Crippen LogP contribution in [0, 0.1) is 18.8 Å². The lowest BCUT2D eigenvalue weighted by atomic mass is 9.75. The lowest BCUT2D eigenvalue weighted by Crippen LogP contribution is -2.32. The monoisotopic (exact) mass is 930 g/mol. The highest BCUT2D eigenvalue weighted by Crippen LogP contribution is 2.44. The first kappa shape index (κ1) is 52.4. The van der Waals surface area contributed by atoms with Crippen molar-refractivity contribution in [1.29, 1.82) is 0 Å². The molecular formula is C57H77Cl2N7. The Hall–Kier alpha value is -4.53. The summed E-state index contributed by atoms with van der Waals surface area (Å²) in [4.78, 5) is 13.3. The molecule has 4 aromatic rings. The summed E-state index contributed by atoms with van der Waals surface area (Å²) < 4.78 is 2.21. The lowest BCUT2D eigenvalue weighted by Gasteiger charge is -2.32. The molecule has 2 atom stereocenters. The SMILES string of the molecule is C/C=C\N=C(C)C.CC.CCC/C1=C/c2cc(Cl)ccc2C(C2CCNCC2)c2ncccc2CC1.Cc1nccn1CCC1=Cc2cc(Cl)ccc2C(C2CCNCC2)C/C1=C\C=C/N. The number of nitrogens with one attached hydrogen (secondary N) is 2. The highest BCUT2D eigenvalue weighted by molar-refractivity contribution is 6.31. The Morgan fingerprint density at radius 1 is 0.848 bits per heavy atom. The second kappa shape index (κ2) is 28.0. The fraction of sp³-hybridized carbons (Fsp3) is 0.456. The third kappa shape index (κ3) is 15.2. The van der Waals surface area contributed by atoms with Gasteiger partial charge < -0.3 is 20.9 Å². The molecule has 2 fully saturated rings. The minimum Gasteiger partial charge on any atom is -0.405 e. The van der Waals surface area contributed by atoms with Crippen LogP contribution in [0.3, 0.4) is 0 Å². The molecular weight excluding hydrogens is 854 g/mol. The quantitative estimate of drug-likeness (QED) is 0.145. The van der Waals surface area contributed by atoms with Gasteiger partial charge in [-0.15, -0.1) is 0 Å². The van der Waals surface area contributed by atoms with Crippen LogP contribution in [-0.4, -0.2) is 46.4 Å². The molecule has 4 heterocycles. The van der Waals surface area contributed by atoms with Crippen molar-refractivity contribution in [1.82, 2.24) is 25.2 Å². The van der Waals surface area contributed by atoms with E-state index in [1.165, 1.54) is 82.3 Å². The van der Waals surface area contributed by atoms with E-state index in [0.717, 1.165) is 86.4 Å². The number of hydrogen-bond donors (Lipinski definition) is 3. The van der Waals surface area contributed by atoms with Crippen molar-refractivity contribution in [3.63, 3.8) is 0 Å². The molecule has 0 spiro atoms. The van der Waals surface area contributed by atoms with Gasteiger partial charge in [-0.3, -0.25) is 9.98 Å². The van der Waals surface area contributed by atoms with Crippen LogP contribution < -0.4 is 16.4 Å². The van der Waals surface area contributed by atoms with E-state index in [-0.39, 0.29) is 0 Å². The van der Waals surface area contributed by atoms with Gasteiger partial charge in [0, 0.05) is 53.0 Å². The molecule has 66 heavy (non-hydrogen) atoms. The largest absolute Gasteiger partial charge is 0.405 e. The molecule has 0 amide bonds. The van der Waals surface area contributed by atoms with Crippen LogP contribution in [0.15, 0.2) is 119 Å². The summed E-state index contributed by atoms with van der Waals surface area (Å²) in [6.07, 6.45) is 31.5. The number of nitrogens with two attached hydrogens (primary N) is 1. The molecule has 8 rings (SSSR count). The molecule has 354 valence electrons. The number of allylic oxidation sites excluding steroid dienone is 6. The first-order valence-electron chi connectivity index (χ1n) is 24.7. The second-order valence-corrected chi connectivity index (χ2v) is 18.7. The van der Waals surface area contributed by atoms with Crippen LogP contribution in [0.5, 0.6) is 0 Å². The topological polar surface area (TPSA) is 93.1 Å². The van der Waals surface area contributed by atoms with Gasteiger partial charge in [0.25, 0.3) is 0 Å². The van der Waals surface area contributed by atoms with Gasteiger partial charge in [0.2, 0.25) is 0 Å². The molecule has 7 nitrogen and oxygen atoms in total. The van der Waals surface area contributed by atoms with E-state index >= 15 is 0 Å². The van der Waals surface area contributed by atoms with E-state index in [4.69, 9.17) is 33.9 Å². The highest BCUT2D eigenvalue weighted by atomic mass is 35.5. The Balaban J connectivity index is 0.000000210. The molecule has 0 radical (unpaired) electrons. The van der Waals surface area contributed by atoms with Gasteiger partial charge in [-0.25, -0.2) is 4.98 Å². The summed E-state index contributed by atoms with van der Waals surface area (Å²) in [6.45, 7) is 19.5. The van der Waals surface area contributed by atoms with Crippen LogP contribution in [0.4, 0.5) is 0 Å². The number of aryl methyl sites for hydroxylation is 3. The summed E-state index contributed by atoms with van der Waals surface area (Å²) in [5.74, 6) is 3.21. The maximum Gasteiger partial charge on any atom is 0.105 e. The Bertz CT molecular complexity index is 2300. The number of aliphatic imine (C=N–C) groups is 1. The number of nitrogens with zero attached hydrogens (tertiary/aromatic N) is 4. The van der Waals surface area contributed by atoms with Crippen LogP contribution in [0.25, 0.3) is 12.2 Å². The number of imidazole rings is 1. The summed E-state index contributed by atoms with van der Waals surface area (Å²) >= 11 is 12.8. The lowest BCUT2D eigenvalue weighted by molar-refractivity contribution is 0.316. The zero-order valence-electron chi connectivity index (χ0n) is 40.9. The minimum absolute atomic E-state index is 0.354. The zero-order valence-corrected chi connectivity index (χ0v) is 42.4. The van der Waals surface area contributed by atoms with Crippen molar-refractivity contribution < 1.29 is 0 Å². The Kier molecular flexibility index (Phi) is 22.2. The number of piperidine rings is 2. The maximum atomic E-state index is 6.42. The second-order valence-electron chi connectivity index (χ2n) is 17.8. The Morgan fingerprint density at radius 2 is 1.52 bits per heavy atom. The Morgan fingerprint density at radius 3 is 2.12 bits per heavy atom. The number of pyridine rings is 1. The first-order valence-corrected chi connectivity index (χ1v) is 25.5. The van der Waals surface area contributed by atoms with Crippen LogP contribution in [0.2, 0.25) is 10.0 Å². The minimum atomic E-state index is 0.354. The number of aromatic nitrogens is 3. The van der Waals surface area contributed by atoms with Crippen molar-refractivity contribution in [2.24, 2.45) is 22.6 Å². The molecule has 2 unspecified atom stereocenters. The molecule has 9 heteroatoms. The fourth-order valence-electron chi connectivity index (χ4n) is 9.92.